The maximum Gasteiger partial charge on any atom is 0.255 e. The lowest BCUT2D eigenvalue weighted by Crippen LogP contribution is -2.13. The van der Waals surface area contributed by atoms with Gasteiger partial charge in [-0.05, 0) is 48.0 Å². The van der Waals surface area contributed by atoms with Gasteiger partial charge in [0.05, 0.1) is 28.6 Å². The molecule has 2 amide bonds. The fraction of sp³-hybridized carbons (Fsp3) is 0.0435. The normalized spacial score (nSPS) is 10.6. The van der Waals surface area contributed by atoms with E-state index in [1.165, 1.54) is 0 Å². The Morgan fingerprint density at radius 2 is 1.65 bits per heavy atom. The molecule has 0 bridgehead atoms. The monoisotopic (exact) mass is 412 g/mol. The van der Waals surface area contributed by atoms with Crippen LogP contribution in [0.15, 0.2) is 72.9 Å². The average Bonchev–Trinajstić information content (AvgIpc) is 2.79. The molecule has 0 aliphatic carbocycles. The second kappa shape index (κ2) is 8.50. The van der Waals surface area contributed by atoms with E-state index in [4.69, 9.17) is 11.5 Å². The molecule has 8 heteroatoms. The third-order valence-corrected chi connectivity index (χ3v) is 4.73. The second-order valence-electron chi connectivity index (χ2n) is 6.91. The molecule has 0 atom stereocenters. The number of fused-ring (bicyclic) bond motifs is 1. The van der Waals surface area contributed by atoms with E-state index in [2.05, 4.69) is 20.6 Å². The third kappa shape index (κ3) is 4.59. The van der Waals surface area contributed by atoms with Gasteiger partial charge >= 0.3 is 0 Å². The SMILES string of the molecule is NC(=O)c1ccc2ncc(NCc3ccc(C(=O)Nc4ccccc4N)cc3)nc2c1. The molecule has 0 saturated carbocycles. The number of nitrogens with one attached hydrogen (secondary N) is 2. The molecule has 31 heavy (non-hydrogen) atoms. The largest absolute Gasteiger partial charge is 0.397 e. The highest BCUT2D eigenvalue weighted by atomic mass is 16.2. The summed E-state index contributed by atoms with van der Waals surface area (Å²) in [6, 6.07) is 19.3. The molecule has 1 heterocycles. The van der Waals surface area contributed by atoms with Crippen LogP contribution in [0, 0.1) is 0 Å². The Morgan fingerprint density at radius 1 is 0.903 bits per heavy atom. The maximum atomic E-state index is 12.4. The van der Waals surface area contributed by atoms with Crippen LogP contribution in [0.4, 0.5) is 17.2 Å². The molecular formula is C23H20N6O2. The molecule has 4 aromatic rings. The van der Waals surface area contributed by atoms with Crippen molar-refractivity contribution in [3.05, 3.63) is 89.6 Å². The first kappa shape index (κ1) is 19.8. The summed E-state index contributed by atoms with van der Waals surface area (Å²) in [5.41, 5.74) is 15.4. The van der Waals surface area contributed by atoms with E-state index in [1.807, 2.05) is 24.3 Å². The lowest BCUT2D eigenvalue weighted by molar-refractivity contribution is 0.0997. The minimum atomic E-state index is -0.513. The molecule has 4 rings (SSSR count). The number of carbonyl (C=O) groups is 2. The van der Waals surface area contributed by atoms with Crippen LogP contribution in [0.5, 0.6) is 0 Å². The molecule has 0 aliphatic rings. The number of nitrogen functional groups attached to an aromatic ring is 1. The van der Waals surface area contributed by atoms with Gasteiger partial charge in [-0.2, -0.15) is 0 Å². The zero-order valence-electron chi connectivity index (χ0n) is 16.5. The number of nitrogens with zero attached hydrogens (tertiary/aromatic N) is 2. The number of nitrogens with two attached hydrogens (primary N) is 2. The standard InChI is InChI=1S/C23H20N6O2/c24-17-3-1-2-4-18(17)29-23(31)15-7-5-14(6-8-15)12-27-21-13-26-19-10-9-16(22(25)30)11-20(19)28-21/h1-11,13H,12,24H2,(H2,25,30)(H,27,28)(H,29,31). The van der Waals surface area contributed by atoms with Crippen molar-refractivity contribution >= 4 is 40.0 Å². The molecule has 3 aromatic carbocycles. The number of carbonyl (C=O) groups excluding carboxylic acids is 2. The Kier molecular flexibility index (Phi) is 5.44. The highest BCUT2D eigenvalue weighted by Gasteiger charge is 2.08. The molecule has 0 aliphatic heterocycles. The lowest BCUT2D eigenvalue weighted by atomic mass is 10.1. The summed E-state index contributed by atoms with van der Waals surface area (Å²) in [7, 11) is 0. The lowest BCUT2D eigenvalue weighted by Gasteiger charge is -2.09. The van der Waals surface area contributed by atoms with Gasteiger partial charge in [0, 0.05) is 17.7 Å². The number of primary amides is 1. The number of hydrogen-bond acceptors (Lipinski definition) is 6. The first-order valence-corrected chi connectivity index (χ1v) is 9.55. The number of aromatic nitrogens is 2. The summed E-state index contributed by atoms with van der Waals surface area (Å²) < 4.78 is 0. The topological polar surface area (TPSA) is 136 Å². The number of rotatable bonds is 6. The quantitative estimate of drug-likeness (QED) is 0.359. The molecule has 8 nitrogen and oxygen atoms in total. The summed E-state index contributed by atoms with van der Waals surface area (Å²) in [5.74, 6) is -0.181. The molecule has 0 unspecified atom stereocenters. The van der Waals surface area contributed by atoms with E-state index in [0.717, 1.165) is 5.56 Å². The maximum absolute atomic E-state index is 12.4. The second-order valence-corrected chi connectivity index (χ2v) is 6.91. The average molecular weight is 412 g/mol. The summed E-state index contributed by atoms with van der Waals surface area (Å²) in [6.07, 6.45) is 1.62. The van der Waals surface area contributed by atoms with Crippen molar-refractivity contribution in [1.29, 1.82) is 0 Å². The molecular weight excluding hydrogens is 392 g/mol. The minimum absolute atomic E-state index is 0.233. The predicted octanol–water partition coefficient (Wildman–Crippen LogP) is 3.18. The zero-order chi connectivity index (χ0) is 21.8. The van der Waals surface area contributed by atoms with Crippen molar-refractivity contribution in [1.82, 2.24) is 9.97 Å². The van der Waals surface area contributed by atoms with Crippen molar-refractivity contribution in [3.63, 3.8) is 0 Å². The fourth-order valence-corrected chi connectivity index (χ4v) is 3.02. The summed E-state index contributed by atoms with van der Waals surface area (Å²) >= 11 is 0. The summed E-state index contributed by atoms with van der Waals surface area (Å²) in [5, 5.41) is 5.99. The predicted molar refractivity (Wildman–Crippen MR) is 121 cm³/mol. The fourth-order valence-electron chi connectivity index (χ4n) is 3.02. The number of hydrogen-bond donors (Lipinski definition) is 4. The zero-order valence-corrected chi connectivity index (χ0v) is 16.5. The van der Waals surface area contributed by atoms with Gasteiger partial charge in [0.15, 0.2) is 0 Å². The molecule has 0 spiro atoms. The highest BCUT2D eigenvalue weighted by molar-refractivity contribution is 6.05. The Bertz CT molecular complexity index is 1270. The smallest absolute Gasteiger partial charge is 0.255 e. The summed E-state index contributed by atoms with van der Waals surface area (Å²) in [4.78, 5) is 32.6. The van der Waals surface area contributed by atoms with Gasteiger partial charge in [0.25, 0.3) is 5.91 Å². The van der Waals surface area contributed by atoms with Crippen LogP contribution in [0.2, 0.25) is 0 Å². The van der Waals surface area contributed by atoms with Crippen molar-refractivity contribution in [2.75, 3.05) is 16.4 Å². The number of benzene rings is 3. The third-order valence-electron chi connectivity index (χ3n) is 4.73. The molecule has 154 valence electrons. The Hall–Kier alpha value is -4.46. The van der Waals surface area contributed by atoms with Gasteiger partial charge in [0.1, 0.15) is 5.82 Å². The van der Waals surface area contributed by atoms with Crippen LogP contribution >= 0.6 is 0 Å². The van der Waals surface area contributed by atoms with Crippen LogP contribution in [-0.2, 0) is 6.54 Å². The van der Waals surface area contributed by atoms with Crippen molar-refractivity contribution in [2.24, 2.45) is 5.73 Å². The van der Waals surface area contributed by atoms with E-state index in [9.17, 15) is 9.59 Å². The van der Waals surface area contributed by atoms with Crippen LogP contribution in [0.1, 0.15) is 26.3 Å². The van der Waals surface area contributed by atoms with Crippen molar-refractivity contribution in [3.8, 4) is 0 Å². The molecule has 0 fully saturated rings. The van der Waals surface area contributed by atoms with E-state index < -0.39 is 5.91 Å². The van der Waals surface area contributed by atoms with E-state index in [-0.39, 0.29) is 5.91 Å². The van der Waals surface area contributed by atoms with Gasteiger partial charge in [-0.15, -0.1) is 0 Å². The summed E-state index contributed by atoms with van der Waals surface area (Å²) in [6.45, 7) is 0.489. The van der Waals surface area contributed by atoms with E-state index in [1.54, 1.807) is 48.7 Å². The van der Waals surface area contributed by atoms with Crippen LogP contribution < -0.4 is 22.1 Å². The number of amides is 2. The Morgan fingerprint density at radius 3 is 2.39 bits per heavy atom. The highest BCUT2D eigenvalue weighted by Crippen LogP contribution is 2.18. The Labute approximate surface area is 178 Å². The van der Waals surface area contributed by atoms with Gasteiger partial charge in [0.2, 0.25) is 5.91 Å². The van der Waals surface area contributed by atoms with Gasteiger partial charge in [-0.1, -0.05) is 24.3 Å². The van der Waals surface area contributed by atoms with Crippen LogP contribution in [0.25, 0.3) is 11.0 Å². The molecule has 0 saturated heterocycles. The van der Waals surface area contributed by atoms with Crippen molar-refractivity contribution in [2.45, 2.75) is 6.54 Å². The number of para-hydroxylation sites is 2. The van der Waals surface area contributed by atoms with Crippen molar-refractivity contribution < 1.29 is 9.59 Å². The first-order chi connectivity index (χ1) is 15.0. The molecule has 1 aromatic heterocycles. The Balaban J connectivity index is 1.41. The number of anilines is 3. The molecule has 6 N–H and O–H groups in total. The first-order valence-electron chi connectivity index (χ1n) is 9.55. The van der Waals surface area contributed by atoms with Crippen LogP contribution in [0.3, 0.4) is 0 Å². The molecule has 0 radical (unpaired) electrons. The van der Waals surface area contributed by atoms with Gasteiger partial charge in [-0.25, -0.2) is 4.98 Å². The van der Waals surface area contributed by atoms with E-state index >= 15 is 0 Å². The van der Waals surface area contributed by atoms with Gasteiger partial charge in [-0.3, -0.25) is 14.6 Å². The van der Waals surface area contributed by atoms with Crippen LogP contribution in [-0.4, -0.2) is 21.8 Å². The minimum Gasteiger partial charge on any atom is -0.397 e. The van der Waals surface area contributed by atoms with Gasteiger partial charge < -0.3 is 22.1 Å². The van der Waals surface area contributed by atoms with E-state index in [0.29, 0.717) is 45.9 Å².